The van der Waals surface area contributed by atoms with Gasteiger partial charge in [-0.05, 0) is 30.5 Å². The molecule has 1 N–H and O–H groups in total. The highest BCUT2D eigenvalue weighted by Crippen LogP contribution is 2.20. The van der Waals surface area contributed by atoms with Crippen LogP contribution in [0.5, 0.6) is 0 Å². The first-order valence-corrected chi connectivity index (χ1v) is 6.11. The van der Waals surface area contributed by atoms with Crippen molar-refractivity contribution in [3.05, 3.63) is 48.0 Å². The molecule has 1 heterocycles. The van der Waals surface area contributed by atoms with Gasteiger partial charge in [-0.1, -0.05) is 6.07 Å². The van der Waals surface area contributed by atoms with E-state index in [1.54, 1.807) is 12.5 Å². The van der Waals surface area contributed by atoms with Crippen molar-refractivity contribution in [2.45, 2.75) is 25.4 Å². The van der Waals surface area contributed by atoms with Crippen LogP contribution in [0, 0.1) is 11.3 Å². The summed E-state index contributed by atoms with van der Waals surface area (Å²) >= 11 is 0. The summed E-state index contributed by atoms with van der Waals surface area (Å²) in [5.41, 5.74) is 2.72. The van der Waals surface area contributed by atoms with Gasteiger partial charge in [0.2, 0.25) is 0 Å². The van der Waals surface area contributed by atoms with Gasteiger partial charge in [0.05, 0.1) is 17.6 Å². The average Bonchev–Trinajstić information content (AvgIpc) is 3.08. The van der Waals surface area contributed by atoms with Gasteiger partial charge in [0.1, 0.15) is 6.07 Å². The molecule has 0 radical (unpaired) electrons. The van der Waals surface area contributed by atoms with Crippen LogP contribution in [0.15, 0.2) is 36.9 Å². The van der Waals surface area contributed by atoms with Gasteiger partial charge in [-0.15, -0.1) is 0 Å². The summed E-state index contributed by atoms with van der Waals surface area (Å²) in [5.74, 6) is 0. The first kappa shape index (κ1) is 11.0. The molecular formula is C14H14N4. The number of aromatic nitrogens is 2. The highest BCUT2D eigenvalue weighted by Gasteiger charge is 2.20. The summed E-state index contributed by atoms with van der Waals surface area (Å²) in [6.07, 6.45) is 7.82. The molecular weight excluding hydrogens is 224 g/mol. The molecule has 1 fully saturated rings. The molecule has 90 valence electrons. The molecule has 0 spiro atoms. The van der Waals surface area contributed by atoms with Gasteiger partial charge in [0.25, 0.3) is 0 Å². The maximum absolute atomic E-state index is 9.23. The van der Waals surface area contributed by atoms with E-state index < -0.39 is 0 Å². The highest BCUT2D eigenvalue weighted by atomic mass is 15.0. The monoisotopic (exact) mass is 238 g/mol. The second kappa shape index (κ2) is 4.63. The van der Waals surface area contributed by atoms with Crippen molar-refractivity contribution in [3.8, 4) is 11.8 Å². The molecule has 0 aliphatic heterocycles. The van der Waals surface area contributed by atoms with E-state index in [2.05, 4.69) is 22.4 Å². The Morgan fingerprint density at radius 2 is 2.33 bits per heavy atom. The van der Waals surface area contributed by atoms with Crippen molar-refractivity contribution in [1.29, 1.82) is 5.26 Å². The minimum absolute atomic E-state index is 0.683. The summed E-state index contributed by atoms with van der Waals surface area (Å²) in [5, 5.41) is 12.7. The zero-order valence-corrected chi connectivity index (χ0v) is 10.0. The van der Waals surface area contributed by atoms with Crippen molar-refractivity contribution in [2.24, 2.45) is 0 Å². The molecule has 0 bridgehead atoms. The maximum atomic E-state index is 9.23. The molecule has 3 rings (SSSR count). The fourth-order valence-corrected chi connectivity index (χ4v) is 1.96. The molecule has 18 heavy (non-hydrogen) atoms. The van der Waals surface area contributed by atoms with E-state index in [0.717, 1.165) is 17.8 Å². The van der Waals surface area contributed by atoms with Crippen LogP contribution in [0.1, 0.15) is 24.0 Å². The molecule has 2 aromatic rings. The smallest absolute Gasteiger partial charge is 0.101 e. The number of hydrogen-bond acceptors (Lipinski definition) is 3. The van der Waals surface area contributed by atoms with E-state index in [-0.39, 0.29) is 0 Å². The van der Waals surface area contributed by atoms with Crippen molar-refractivity contribution in [1.82, 2.24) is 14.9 Å². The Labute approximate surface area is 106 Å². The number of nitrogens with zero attached hydrogens (tertiary/aromatic N) is 3. The van der Waals surface area contributed by atoms with Crippen molar-refractivity contribution >= 4 is 0 Å². The molecule has 1 aliphatic rings. The minimum Gasteiger partial charge on any atom is -0.310 e. The molecule has 1 aliphatic carbocycles. The van der Waals surface area contributed by atoms with Crippen molar-refractivity contribution < 1.29 is 0 Å². The van der Waals surface area contributed by atoms with E-state index in [0.29, 0.717) is 11.6 Å². The predicted molar refractivity (Wildman–Crippen MR) is 68.1 cm³/mol. The van der Waals surface area contributed by atoms with Crippen LogP contribution >= 0.6 is 0 Å². The third-order valence-corrected chi connectivity index (χ3v) is 3.14. The lowest BCUT2D eigenvalue weighted by Gasteiger charge is -2.08. The van der Waals surface area contributed by atoms with E-state index in [4.69, 9.17) is 0 Å². The molecule has 4 nitrogen and oxygen atoms in total. The number of nitriles is 1. The van der Waals surface area contributed by atoms with Gasteiger partial charge >= 0.3 is 0 Å². The first-order valence-electron chi connectivity index (χ1n) is 6.11. The van der Waals surface area contributed by atoms with Crippen LogP contribution in [0.2, 0.25) is 0 Å². The zero-order valence-electron chi connectivity index (χ0n) is 10.0. The van der Waals surface area contributed by atoms with E-state index in [1.165, 1.54) is 12.8 Å². The Kier molecular flexibility index (Phi) is 2.83. The lowest BCUT2D eigenvalue weighted by molar-refractivity contribution is 0.687. The van der Waals surface area contributed by atoms with Crippen molar-refractivity contribution in [2.75, 3.05) is 0 Å². The average molecular weight is 238 g/mol. The number of rotatable bonds is 4. The Balaban J connectivity index is 1.85. The fraction of sp³-hybridized carbons (Fsp3) is 0.286. The van der Waals surface area contributed by atoms with E-state index >= 15 is 0 Å². The van der Waals surface area contributed by atoms with Crippen molar-refractivity contribution in [3.63, 3.8) is 0 Å². The summed E-state index contributed by atoms with van der Waals surface area (Å²) < 4.78 is 1.86. The first-order chi connectivity index (χ1) is 8.86. The summed E-state index contributed by atoms with van der Waals surface area (Å²) in [7, 11) is 0. The van der Waals surface area contributed by atoms with Crippen LogP contribution in [0.4, 0.5) is 0 Å². The topological polar surface area (TPSA) is 53.6 Å². The van der Waals surface area contributed by atoms with Crippen LogP contribution in [-0.4, -0.2) is 15.6 Å². The lowest BCUT2D eigenvalue weighted by Crippen LogP contribution is -2.15. The maximum Gasteiger partial charge on any atom is 0.101 e. The Bertz CT molecular complexity index is 576. The predicted octanol–water partition coefficient (Wildman–Crippen LogP) is 2.00. The molecule has 1 aromatic heterocycles. The summed E-state index contributed by atoms with van der Waals surface area (Å²) in [6.45, 7) is 0.837. The van der Waals surface area contributed by atoms with Gasteiger partial charge < -0.3 is 9.88 Å². The third-order valence-electron chi connectivity index (χ3n) is 3.14. The molecule has 0 saturated heterocycles. The fourth-order valence-electron chi connectivity index (χ4n) is 1.96. The van der Waals surface area contributed by atoms with Gasteiger partial charge in [0, 0.05) is 25.0 Å². The number of imidazole rings is 1. The van der Waals surface area contributed by atoms with Gasteiger partial charge in [-0.3, -0.25) is 0 Å². The number of nitrogens with one attached hydrogen (secondary N) is 1. The summed E-state index contributed by atoms with van der Waals surface area (Å²) in [4.78, 5) is 4.01. The molecule has 1 aromatic carbocycles. The second-order valence-electron chi connectivity index (χ2n) is 4.59. The number of benzene rings is 1. The normalized spacial score (nSPS) is 14.4. The molecule has 1 saturated carbocycles. The Morgan fingerprint density at radius 3 is 3.00 bits per heavy atom. The van der Waals surface area contributed by atoms with Crippen LogP contribution in [0.25, 0.3) is 5.69 Å². The zero-order chi connectivity index (χ0) is 12.4. The molecule has 4 heteroatoms. The second-order valence-corrected chi connectivity index (χ2v) is 4.59. The summed E-state index contributed by atoms with van der Waals surface area (Å²) in [6, 6.07) is 8.92. The quantitative estimate of drug-likeness (QED) is 0.886. The molecule has 0 unspecified atom stereocenters. The van der Waals surface area contributed by atoms with Crippen LogP contribution in [-0.2, 0) is 6.54 Å². The Morgan fingerprint density at radius 1 is 1.44 bits per heavy atom. The Hall–Kier alpha value is -2.12. The van der Waals surface area contributed by atoms with Crippen LogP contribution < -0.4 is 5.32 Å². The largest absolute Gasteiger partial charge is 0.310 e. The highest BCUT2D eigenvalue weighted by molar-refractivity contribution is 5.50. The standard InChI is InChI=1S/C14H14N4/c15-8-12-7-11(9-17-13-2-3-13)1-4-14(12)18-6-5-16-10-18/h1,4-7,10,13,17H,2-3,9H2. The minimum atomic E-state index is 0.683. The van der Waals surface area contributed by atoms with Gasteiger partial charge in [-0.2, -0.15) is 5.26 Å². The molecule has 0 amide bonds. The van der Waals surface area contributed by atoms with Gasteiger partial charge in [0.15, 0.2) is 0 Å². The third kappa shape index (κ3) is 2.27. The van der Waals surface area contributed by atoms with E-state index in [1.807, 2.05) is 22.9 Å². The van der Waals surface area contributed by atoms with Gasteiger partial charge in [-0.25, -0.2) is 4.98 Å². The van der Waals surface area contributed by atoms with Crippen LogP contribution in [0.3, 0.4) is 0 Å². The number of hydrogen-bond donors (Lipinski definition) is 1. The van der Waals surface area contributed by atoms with E-state index in [9.17, 15) is 5.26 Å². The SMILES string of the molecule is N#Cc1cc(CNC2CC2)ccc1-n1ccnc1. The molecule has 0 atom stereocenters. The lowest BCUT2D eigenvalue weighted by atomic mass is 10.1.